The molecule has 0 atom stereocenters. The lowest BCUT2D eigenvalue weighted by molar-refractivity contribution is 0.122. The summed E-state index contributed by atoms with van der Waals surface area (Å²) in [5, 5.41) is 9.03. The van der Waals surface area contributed by atoms with Crippen LogP contribution in [0.25, 0.3) is 0 Å². The number of benzene rings is 2. The molecule has 4 N–H and O–H groups in total. The number of ether oxygens (including phenoxy) is 2. The van der Waals surface area contributed by atoms with Gasteiger partial charge in [0, 0.05) is 37.4 Å². The molecule has 4 rings (SSSR count). The van der Waals surface area contributed by atoms with Crippen LogP contribution >= 0.6 is 0 Å². The SMILES string of the molecule is N=C(N)NC(=O)OCc1cccc(N2CCc3cc(N4CCOCC4)ccc3C2)c1F. The van der Waals surface area contributed by atoms with Gasteiger partial charge in [0.25, 0.3) is 0 Å². The van der Waals surface area contributed by atoms with Gasteiger partial charge in [-0.25, -0.2) is 9.18 Å². The van der Waals surface area contributed by atoms with Gasteiger partial charge in [-0.05, 0) is 35.7 Å². The summed E-state index contributed by atoms with van der Waals surface area (Å²) in [5.41, 5.74) is 9.53. The standard InChI is InChI=1S/C22H26FN5O3/c23-20-17(14-31-22(29)26-21(24)25)2-1-3-19(20)28-7-6-15-12-18(5-4-16(15)13-28)27-8-10-30-11-9-27/h1-5,12H,6-11,13-14H2,(H4,24,25,26,29). The van der Waals surface area contributed by atoms with Crippen LogP contribution in [0.15, 0.2) is 36.4 Å². The van der Waals surface area contributed by atoms with Crippen LogP contribution in [0, 0.1) is 11.2 Å². The van der Waals surface area contributed by atoms with Crippen LogP contribution in [-0.4, -0.2) is 44.9 Å². The maximum atomic E-state index is 15.1. The predicted octanol–water partition coefficient (Wildman–Crippen LogP) is 2.34. The minimum absolute atomic E-state index is 0.244. The summed E-state index contributed by atoms with van der Waals surface area (Å²) in [6.45, 7) is 4.37. The molecule has 1 saturated heterocycles. The van der Waals surface area contributed by atoms with Gasteiger partial charge in [-0.15, -0.1) is 0 Å². The molecule has 0 unspecified atom stereocenters. The van der Waals surface area contributed by atoms with E-state index in [4.69, 9.17) is 20.6 Å². The van der Waals surface area contributed by atoms with E-state index < -0.39 is 17.9 Å². The molecule has 0 aromatic heterocycles. The van der Waals surface area contributed by atoms with Gasteiger partial charge in [-0.3, -0.25) is 10.7 Å². The van der Waals surface area contributed by atoms with Gasteiger partial charge in [-0.2, -0.15) is 0 Å². The van der Waals surface area contributed by atoms with Crippen LogP contribution in [-0.2, 0) is 29.0 Å². The molecule has 2 aromatic rings. The van der Waals surface area contributed by atoms with Gasteiger partial charge < -0.3 is 25.0 Å². The van der Waals surface area contributed by atoms with E-state index in [1.165, 1.54) is 16.8 Å². The summed E-state index contributed by atoms with van der Waals surface area (Å²) in [7, 11) is 0. The van der Waals surface area contributed by atoms with E-state index in [1.807, 2.05) is 10.2 Å². The lowest BCUT2D eigenvalue weighted by Crippen LogP contribution is -2.36. The first-order valence-electron chi connectivity index (χ1n) is 10.3. The molecule has 164 valence electrons. The Balaban J connectivity index is 1.45. The number of halogens is 1. The Kier molecular flexibility index (Phi) is 6.22. The molecule has 9 heteroatoms. The van der Waals surface area contributed by atoms with Crippen LogP contribution in [0.5, 0.6) is 0 Å². The van der Waals surface area contributed by atoms with Crippen LogP contribution < -0.4 is 20.9 Å². The number of hydrogen-bond acceptors (Lipinski definition) is 6. The Hall–Kier alpha value is -3.33. The third kappa shape index (κ3) is 4.88. The molecule has 0 aliphatic carbocycles. The third-order valence-corrected chi connectivity index (χ3v) is 5.57. The molecule has 2 aliphatic heterocycles. The number of anilines is 2. The zero-order chi connectivity index (χ0) is 21.8. The Bertz CT molecular complexity index is 978. The number of fused-ring (bicyclic) bond motifs is 1. The number of hydrogen-bond donors (Lipinski definition) is 3. The summed E-state index contributed by atoms with van der Waals surface area (Å²) < 4.78 is 25.5. The number of nitrogens with one attached hydrogen (secondary N) is 2. The smallest absolute Gasteiger partial charge is 0.414 e. The molecule has 8 nitrogen and oxygen atoms in total. The number of nitrogens with two attached hydrogens (primary N) is 1. The highest BCUT2D eigenvalue weighted by Crippen LogP contribution is 2.30. The summed E-state index contributed by atoms with van der Waals surface area (Å²) in [6.07, 6.45) is -0.0606. The van der Waals surface area contributed by atoms with Gasteiger partial charge in [0.05, 0.1) is 18.9 Å². The minimum Gasteiger partial charge on any atom is -0.444 e. The van der Waals surface area contributed by atoms with Crippen molar-refractivity contribution in [2.75, 3.05) is 42.6 Å². The molecule has 0 spiro atoms. The Morgan fingerprint density at radius 3 is 2.74 bits per heavy atom. The number of carbonyl (C=O) groups is 1. The van der Waals surface area contributed by atoms with E-state index in [9.17, 15) is 4.79 Å². The zero-order valence-corrected chi connectivity index (χ0v) is 17.2. The monoisotopic (exact) mass is 427 g/mol. The highest BCUT2D eigenvalue weighted by molar-refractivity contribution is 5.90. The number of carbonyl (C=O) groups excluding carboxylic acids is 1. The lowest BCUT2D eigenvalue weighted by Gasteiger charge is -2.33. The largest absolute Gasteiger partial charge is 0.444 e. The number of nitrogens with zero attached hydrogens (tertiary/aromatic N) is 2. The van der Waals surface area contributed by atoms with Crippen molar-refractivity contribution < 1.29 is 18.7 Å². The molecular formula is C22H26FN5O3. The molecule has 1 fully saturated rings. The highest BCUT2D eigenvalue weighted by atomic mass is 19.1. The van der Waals surface area contributed by atoms with Crippen LogP contribution in [0.4, 0.5) is 20.6 Å². The van der Waals surface area contributed by atoms with E-state index in [-0.39, 0.29) is 12.2 Å². The number of guanidine groups is 1. The summed E-state index contributed by atoms with van der Waals surface area (Å²) >= 11 is 0. The summed E-state index contributed by atoms with van der Waals surface area (Å²) in [6, 6.07) is 11.6. The molecule has 2 heterocycles. The Labute approximate surface area is 180 Å². The van der Waals surface area contributed by atoms with Crippen molar-refractivity contribution in [3.63, 3.8) is 0 Å². The number of rotatable bonds is 4. The normalized spacial score (nSPS) is 15.9. The van der Waals surface area contributed by atoms with Crippen molar-refractivity contribution in [1.82, 2.24) is 5.32 Å². The van der Waals surface area contributed by atoms with Gasteiger partial charge >= 0.3 is 6.09 Å². The highest BCUT2D eigenvalue weighted by Gasteiger charge is 2.22. The van der Waals surface area contributed by atoms with E-state index in [0.717, 1.165) is 32.7 Å². The van der Waals surface area contributed by atoms with Crippen molar-refractivity contribution >= 4 is 23.4 Å². The Morgan fingerprint density at radius 2 is 1.97 bits per heavy atom. The summed E-state index contributed by atoms with van der Waals surface area (Å²) in [4.78, 5) is 15.8. The average Bonchev–Trinajstić information content (AvgIpc) is 2.78. The first-order valence-corrected chi connectivity index (χ1v) is 10.3. The van der Waals surface area contributed by atoms with Gasteiger partial charge in [0.1, 0.15) is 6.61 Å². The zero-order valence-electron chi connectivity index (χ0n) is 17.2. The summed E-state index contributed by atoms with van der Waals surface area (Å²) in [5.74, 6) is -0.936. The fourth-order valence-electron chi connectivity index (χ4n) is 3.97. The number of amides is 1. The van der Waals surface area contributed by atoms with Crippen molar-refractivity contribution in [1.29, 1.82) is 5.41 Å². The fraction of sp³-hybridized carbons (Fsp3) is 0.364. The molecule has 31 heavy (non-hydrogen) atoms. The quantitative estimate of drug-likeness (QED) is 0.511. The number of alkyl carbamates (subject to hydrolysis) is 1. The van der Waals surface area contributed by atoms with Gasteiger partial charge in [-0.1, -0.05) is 18.2 Å². The van der Waals surface area contributed by atoms with E-state index in [2.05, 4.69) is 23.1 Å². The Morgan fingerprint density at radius 1 is 1.16 bits per heavy atom. The van der Waals surface area contributed by atoms with E-state index in [0.29, 0.717) is 18.8 Å². The van der Waals surface area contributed by atoms with Crippen molar-refractivity contribution in [2.45, 2.75) is 19.6 Å². The van der Waals surface area contributed by atoms with Crippen LogP contribution in [0.1, 0.15) is 16.7 Å². The minimum atomic E-state index is -0.889. The second-order valence-electron chi connectivity index (χ2n) is 7.59. The van der Waals surface area contributed by atoms with E-state index >= 15 is 4.39 Å². The average molecular weight is 427 g/mol. The first-order chi connectivity index (χ1) is 15.0. The second kappa shape index (κ2) is 9.22. The van der Waals surface area contributed by atoms with Crippen LogP contribution in [0.2, 0.25) is 0 Å². The lowest BCUT2D eigenvalue weighted by atomic mass is 9.97. The van der Waals surface area contributed by atoms with Gasteiger partial charge in [0.15, 0.2) is 11.8 Å². The van der Waals surface area contributed by atoms with Gasteiger partial charge in [0.2, 0.25) is 0 Å². The molecular weight excluding hydrogens is 401 g/mol. The predicted molar refractivity (Wildman–Crippen MR) is 116 cm³/mol. The maximum Gasteiger partial charge on any atom is 0.414 e. The molecule has 1 amide bonds. The molecule has 2 aliphatic rings. The van der Waals surface area contributed by atoms with Crippen LogP contribution in [0.3, 0.4) is 0 Å². The maximum absolute atomic E-state index is 15.1. The van der Waals surface area contributed by atoms with E-state index in [1.54, 1.807) is 18.2 Å². The third-order valence-electron chi connectivity index (χ3n) is 5.57. The molecule has 0 bridgehead atoms. The molecule has 0 radical (unpaired) electrons. The molecule has 2 aromatic carbocycles. The van der Waals surface area contributed by atoms with Crippen molar-refractivity contribution in [3.05, 3.63) is 58.9 Å². The first kappa shape index (κ1) is 20.9. The fourth-order valence-corrected chi connectivity index (χ4v) is 3.97. The second-order valence-corrected chi connectivity index (χ2v) is 7.59. The number of morpholine rings is 1. The topological polar surface area (TPSA) is 104 Å². The van der Waals surface area contributed by atoms with Crippen molar-refractivity contribution in [2.24, 2.45) is 5.73 Å². The molecule has 0 saturated carbocycles. The van der Waals surface area contributed by atoms with Crippen molar-refractivity contribution in [3.8, 4) is 0 Å².